The molecule has 1 aromatic heterocycles. The lowest BCUT2D eigenvalue weighted by Gasteiger charge is -2.02. The van der Waals surface area contributed by atoms with E-state index in [2.05, 4.69) is 28.2 Å². The molecule has 0 fully saturated rings. The van der Waals surface area contributed by atoms with Crippen LogP contribution in [0.4, 0.5) is 5.82 Å². The second-order valence-corrected chi connectivity index (χ2v) is 4.12. The van der Waals surface area contributed by atoms with Gasteiger partial charge in [-0.1, -0.05) is 36.4 Å². The standard InChI is InChI=1S/C15H13N3/c16-15-13-7-4-9-17-14(12(13)8-10-18-15)11-5-2-1-3-6-11/h1-3,5-10H,4H2,(H2,16,18). The second-order valence-electron chi connectivity index (χ2n) is 4.12. The minimum absolute atomic E-state index is 0.562. The highest BCUT2D eigenvalue weighted by atomic mass is 14.8. The molecule has 18 heavy (non-hydrogen) atoms. The molecule has 0 radical (unpaired) electrons. The van der Waals surface area contributed by atoms with Gasteiger partial charge >= 0.3 is 0 Å². The van der Waals surface area contributed by atoms with E-state index in [4.69, 9.17) is 5.73 Å². The quantitative estimate of drug-likeness (QED) is 0.804. The zero-order valence-corrected chi connectivity index (χ0v) is 9.88. The fourth-order valence-electron chi connectivity index (χ4n) is 2.12. The van der Waals surface area contributed by atoms with Crippen molar-refractivity contribution in [2.45, 2.75) is 6.42 Å². The van der Waals surface area contributed by atoms with Crippen LogP contribution in [0.15, 0.2) is 47.6 Å². The van der Waals surface area contributed by atoms with Crippen molar-refractivity contribution >= 4 is 23.8 Å². The Labute approximate surface area is 105 Å². The van der Waals surface area contributed by atoms with Crippen LogP contribution >= 0.6 is 0 Å². The maximum Gasteiger partial charge on any atom is 0.130 e. The van der Waals surface area contributed by atoms with Crippen LogP contribution in [0.2, 0.25) is 0 Å². The molecular weight excluding hydrogens is 222 g/mol. The number of nitrogen functional groups attached to an aromatic ring is 1. The van der Waals surface area contributed by atoms with Gasteiger partial charge in [-0.2, -0.15) is 0 Å². The molecule has 0 amide bonds. The Bertz CT molecular complexity index is 715. The fraction of sp³-hybridized carbons (Fsp3) is 0.0667. The second kappa shape index (κ2) is 4.45. The van der Waals surface area contributed by atoms with Crippen molar-refractivity contribution in [3.8, 4) is 0 Å². The summed E-state index contributed by atoms with van der Waals surface area (Å²) in [4.78, 5) is 8.69. The summed E-state index contributed by atoms with van der Waals surface area (Å²) in [6, 6.07) is 12.1. The van der Waals surface area contributed by atoms with Gasteiger partial charge in [-0.15, -0.1) is 0 Å². The number of anilines is 1. The first-order chi connectivity index (χ1) is 8.86. The summed E-state index contributed by atoms with van der Waals surface area (Å²) in [7, 11) is 0. The number of hydrogen-bond donors (Lipinski definition) is 1. The first-order valence-electron chi connectivity index (χ1n) is 5.89. The van der Waals surface area contributed by atoms with E-state index in [0.717, 1.165) is 28.1 Å². The van der Waals surface area contributed by atoms with Gasteiger partial charge in [0.1, 0.15) is 5.82 Å². The molecule has 1 aliphatic rings. The SMILES string of the molecule is Nc1nccc2c1=CCC=NC=2c1ccccc1. The van der Waals surface area contributed by atoms with Gasteiger partial charge in [0.15, 0.2) is 0 Å². The zero-order chi connectivity index (χ0) is 12.4. The molecule has 0 saturated heterocycles. The minimum Gasteiger partial charge on any atom is -0.383 e. The van der Waals surface area contributed by atoms with E-state index in [-0.39, 0.29) is 0 Å². The van der Waals surface area contributed by atoms with Gasteiger partial charge in [0.2, 0.25) is 0 Å². The van der Waals surface area contributed by atoms with Gasteiger partial charge in [-0.25, -0.2) is 4.98 Å². The Morgan fingerprint density at radius 2 is 1.89 bits per heavy atom. The molecule has 2 aromatic rings. The Morgan fingerprint density at radius 3 is 2.72 bits per heavy atom. The maximum absolute atomic E-state index is 5.94. The highest BCUT2D eigenvalue weighted by molar-refractivity contribution is 5.78. The van der Waals surface area contributed by atoms with Crippen molar-refractivity contribution in [3.63, 3.8) is 0 Å². The Hall–Kier alpha value is -2.42. The van der Waals surface area contributed by atoms with Crippen LogP contribution < -0.4 is 16.2 Å². The highest BCUT2D eigenvalue weighted by Gasteiger charge is 2.05. The van der Waals surface area contributed by atoms with Gasteiger partial charge < -0.3 is 5.73 Å². The summed E-state index contributed by atoms with van der Waals surface area (Å²) in [5.41, 5.74) is 7.99. The number of aromatic nitrogens is 1. The molecule has 0 saturated carbocycles. The van der Waals surface area contributed by atoms with Crippen molar-refractivity contribution in [3.05, 3.63) is 58.6 Å². The van der Waals surface area contributed by atoms with Crippen molar-refractivity contribution in [2.75, 3.05) is 5.73 Å². The highest BCUT2D eigenvalue weighted by Crippen LogP contribution is 2.12. The summed E-state index contributed by atoms with van der Waals surface area (Å²) >= 11 is 0. The van der Waals surface area contributed by atoms with Crippen molar-refractivity contribution < 1.29 is 0 Å². The van der Waals surface area contributed by atoms with Crippen LogP contribution in [-0.2, 0) is 0 Å². The molecule has 3 nitrogen and oxygen atoms in total. The summed E-state index contributed by atoms with van der Waals surface area (Å²) in [5, 5.41) is 2.02. The maximum atomic E-state index is 5.94. The Balaban J connectivity index is 2.41. The topological polar surface area (TPSA) is 51.3 Å². The van der Waals surface area contributed by atoms with Gasteiger partial charge in [0.25, 0.3) is 0 Å². The van der Waals surface area contributed by atoms with Crippen LogP contribution in [0.3, 0.4) is 0 Å². The largest absolute Gasteiger partial charge is 0.383 e. The van der Waals surface area contributed by atoms with E-state index in [1.807, 2.05) is 30.5 Å². The van der Waals surface area contributed by atoms with E-state index < -0.39 is 0 Å². The lowest BCUT2D eigenvalue weighted by molar-refractivity contribution is 1.27. The van der Waals surface area contributed by atoms with Crippen molar-refractivity contribution in [1.82, 2.24) is 4.98 Å². The molecular formula is C15H13N3. The molecule has 0 spiro atoms. The third-order valence-electron chi connectivity index (χ3n) is 2.97. The Kier molecular flexibility index (Phi) is 2.65. The van der Waals surface area contributed by atoms with Crippen molar-refractivity contribution in [2.24, 2.45) is 4.99 Å². The van der Waals surface area contributed by atoms with Crippen LogP contribution in [0.5, 0.6) is 0 Å². The molecule has 3 rings (SSSR count). The number of hydrogen-bond acceptors (Lipinski definition) is 3. The predicted octanol–water partition coefficient (Wildman–Crippen LogP) is 1.08. The number of pyridine rings is 1. The average molecular weight is 235 g/mol. The molecule has 88 valence electrons. The first kappa shape index (κ1) is 10.7. The molecule has 0 unspecified atom stereocenters. The summed E-state index contributed by atoms with van der Waals surface area (Å²) in [6.45, 7) is 0. The lowest BCUT2D eigenvalue weighted by atomic mass is 10.1. The molecule has 2 heterocycles. The number of nitrogens with zero attached hydrogens (tertiary/aromatic N) is 2. The van der Waals surface area contributed by atoms with E-state index >= 15 is 0 Å². The van der Waals surface area contributed by atoms with Crippen LogP contribution in [0.1, 0.15) is 12.0 Å². The summed E-state index contributed by atoms with van der Waals surface area (Å²) < 4.78 is 0. The lowest BCUT2D eigenvalue weighted by Crippen LogP contribution is -2.30. The average Bonchev–Trinajstić information content (AvgIpc) is 2.63. The van der Waals surface area contributed by atoms with Gasteiger partial charge in [-0.05, 0) is 6.07 Å². The van der Waals surface area contributed by atoms with E-state index in [0.29, 0.717) is 5.82 Å². The fourth-order valence-corrected chi connectivity index (χ4v) is 2.12. The van der Waals surface area contributed by atoms with Crippen molar-refractivity contribution in [1.29, 1.82) is 0 Å². The third-order valence-corrected chi connectivity index (χ3v) is 2.97. The van der Waals surface area contributed by atoms with E-state index in [1.54, 1.807) is 6.20 Å². The smallest absolute Gasteiger partial charge is 0.130 e. The molecule has 3 heteroatoms. The Morgan fingerprint density at radius 1 is 1.06 bits per heavy atom. The molecule has 1 aromatic carbocycles. The monoisotopic (exact) mass is 235 g/mol. The number of benzene rings is 1. The molecule has 0 bridgehead atoms. The molecule has 0 aliphatic carbocycles. The molecule has 1 aliphatic heterocycles. The summed E-state index contributed by atoms with van der Waals surface area (Å²) in [5.74, 6) is 0.562. The van der Waals surface area contributed by atoms with E-state index in [1.165, 1.54) is 0 Å². The number of nitrogens with two attached hydrogens (primary N) is 1. The van der Waals surface area contributed by atoms with Gasteiger partial charge in [0.05, 0.1) is 5.70 Å². The van der Waals surface area contributed by atoms with E-state index in [9.17, 15) is 0 Å². The van der Waals surface area contributed by atoms with Crippen LogP contribution in [0, 0.1) is 0 Å². The normalized spacial score (nSPS) is 13.7. The van der Waals surface area contributed by atoms with Gasteiger partial charge in [-0.3, -0.25) is 4.99 Å². The molecule has 0 atom stereocenters. The van der Waals surface area contributed by atoms with Crippen LogP contribution in [-0.4, -0.2) is 11.2 Å². The number of rotatable bonds is 1. The van der Waals surface area contributed by atoms with Gasteiger partial charge in [0, 0.05) is 34.8 Å². The number of fused-ring (bicyclic) bond motifs is 1. The first-order valence-corrected chi connectivity index (χ1v) is 5.89. The summed E-state index contributed by atoms with van der Waals surface area (Å²) in [6.07, 6.45) is 6.48. The van der Waals surface area contributed by atoms with Crippen LogP contribution in [0.25, 0.3) is 11.8 Å². The third kappa shape index (κ3) is 1.80. The zero-order valence-electron chi connectivity index (χ0n) is 9.88. The predicted molar refractivity (Wildman–Crippen MR) is 74.4 cm³/mol. The minimum atomic E-state index is 0.562. The number of aliphatic imine (C=N–C) groups is 1. The molecule has 2 N–H and O–H groups in total.